The van der Waals surface area contributed by atoms with Crippen LogP contribution in [-0.4, -0.2) is 75.4 Å². The zero-order valence-electron chi connectivity index (χ0n) is 17.9. The first-order valence-electron chi connectivity index (χ1n) is 10.4. The molecule has 30 heavy (non-hydrogen) atoms. The molecular weight excluding hydrogens is 401 g/mol. The molecule has 2 aromatic rings. The largest absolute Gasteiger partial charge is 0.388 e. The van der Waals surface area contributed by atoms with Crippen molar-refractivity contribution < 1.29 is 9.18 Å². The van der Waals surface area contributed by atoms with Gasteiger partial charge < -0.3 is 20.0 Å². The monoisotopic (exact) mass is 431 g/mol. The molecule has 1 aliphatic heterocycles. The summed E-state index contributed by atoms with van der Waals surface area (Å²) in [6, 6.07) is 10.8. The van der Waals surface area contributed by atoms with Crippen LogP contribution in [0, 0.1) is 0 Å². The minimum Gasteiger partial charge on any atom is -0.388 e. The molecule has 2 aliphatic rings. The summed E-state index contributed by atoms with van der Waals surface area (Å²) in [5.74, 6) is 0. The highest BCUT2D eigenvalue weighted by Crippen LogP contribution is 2.40. The van der Waals surface area contributed by atoms with Gasteiger partial charge in [0.05, 0.1) is 5.54 Å². The molecule has 2 N–H and O–H groups in total. The van der Waals surface area contributed by atoms with Crippen molar-refractivity contribution in [3.8, 4) is 0 Å². The predicted octanol–water partition coefficient (Wildman–Crippen LogP) is 3.78. The highest BCUT2D eigenvalue weighted by molar-refractivity contribution is 7.97. The summed E-state index contributed by atoms with van der Waals surface area (Å²) >= 11 is 1.52. The first kappa shape index (κ1) is 21.1. The number of piperazine rings is 1. The van der Waals surface area contributed by atoms with Crippen LogP contribution in [0.25, 0.3) is 10.8 Å². The molecule has 162 valence electrons. The van der Waals surface area contributed by atoms with Crippen LogP contribution in [-0.2, 0) is 0 Å². The van der Waals surface area contributed by atoms with Gasteiger partial charge in [0.2, 0.25) is 0 Å². The van der Waals surface area contributed by atoms with Crippen molar-refractivity contribution in [3.05, 3.63) is 30.3 Å². The third kappa shape index (κ3) is 4.30. The van der Waals surface area contributed by atoms with Crippen molar-refractivity contribution in [2.24, 2.45) is 0 Å². The van der Waals surface area contributed by atoms with E-state index in [0.717, 1.165) is 41.9 Å². The molecular formula is C22H30FN5OS. The molecule has 4 rings (SSSR count). The molecule has 1 heterocycles. The van der Waals surface area contributed by atoms with E-state index in [1.165, 1.54) is 23.0 Å². The highest BCUT2D eigenvalue weighted by atomic mass is 32.2. The maximum atomic E-state index is 13.3. The maximum Gasteiger partial charge on any atom is 0.319 e. The Morgan fingerprint density at radius 2 is 1.90 bits per heavy atom. The lowest BCUT2D eigenvalue weighted by Gasteiger charge is -2.37. The molecule has 0 atom stereocenters. The van der Waals surface area contributed by atoms with Gasteiger partial charge in [0.15, 0.2) is 0 Å². The van der Waals surface area contributed by atoms with Gasteiger partial charge in [-0.25, -0.2) is 9.18 Å². The van der Waals surface area contributed by atoms with Gasteiger partial charge in [0, 0.05) is 69.0 Å². The number of halogens is 1. The molecule has 0 bridgehead atoms. The third-order valence-corrected chi connectivity index (χ3v) is 6.97. The number of fused-ring (bicyclic) bond motifs is 1. The minimum atomic E-state index is -0.342. The lowest BCUT2D eigenvalue weighted by Crippen LogP contribution is -2.51. The lowest BCUT2D eigenvalue weighted by molar-refractivity contribution is 0.168. The van der Waals surface area contributed by atoms with Gasteiger partial charge in [0.1, 0.15) is 6.67 Å². The number of rotatable bonds is 6. The number of hydrogen-bond acceptors (Lipinski definition) is 5. The van der Waals surface area contributed by atoms with E-state index in [0.29, 0.717) is 13.1 Å². The van der Waals surface area contributed by atoms with Gasteiger partial charge in [-0.15, -0.1) is 0 Å². The second-order valence-electron chi connectivity index (χ2n) is 8.40. The maximum absolute atomic E-state index is 13.3. The molecule has 2 aromatic carbocycles. The zero-order chi connectivity index (χ0) is 21.3. The standard InChI is InChI=1S/C22H30FN5OS/c1-24-17-4-5-19-16(12-17)13-18(30-25-22(15-23)6-7-22)14-20(19)27-8-10-28(11-9-27)21(29)26(2)3/h4-5,12-14,24-25H,6-11,15H2,1-3H3. The Morgan fingerprint density at radius 1 is 1.17 bits per heavy atom. The summed E-state index contributed by atoms with van der Waals surface area (Å²) in [7, 11) is 5.50. The first-order valence-corrected chi connectivity index (χ1v) is 11.2. The number of carbonyl (C=O) groups excluding carboxylic acids is 1. The summed E-state index contributed by atoms with van der Waals surface area (Å²) in [5.41, 5.74) is 1.89. The quantitative estimate of drug-likeness (QED) is 0.682. The molecule has 2 amide bonds. The minimum absolute atomic E-state index is 0.0626. The summed E-state index contributed by atoms with van der Waals surface area (Å²) in [4.78, 5) is 19.2. The number of alkyl halides is 1. The second kappa shape index (κ2) is 8.51. The fourth-order valence-corrected chi connectivity index (χ4v) is 4.75. The SMILES string of the molecule is CNc1ccc2c(N3CCN(C(=O)N(C)C)CC3)cc(SNC3(CF)CC3)cc2c1. The molecule has 0 aromatic heterocycles. The van der Waals surface area contributed by atoms with Gasteiger partial charge in [-0.05, 0) is 54.4 Å². The Labute approximate surface area is 181 Å². The molecule has 0 radical (unpaired) electrons. The fourth-order valence-electron chi connectivity index (χ4n) is 3.80. The summed E-state index contributed by atoms with van der Waals surface area (Å²) in [6.45, 7) is 2.66. The zero-order valence-corrected chi connectivity index (χ0v) is 18.7. The highest BCUT2D eigenvalue weighted by Gasteiger charge is 2.42. The molecule has 1 saturated heterocycles. The van der Waals surface area contributed by atoms with E-state index < -0.39 is 0 Å². The van der Waals surface area contributed by atoms with E-state index >= 15 is 0 Å². The normalized spacial score (nSPS) is 17.9. The number of nitrogens with zero attached hydrogens (tertiary/aromatic N) is 3. The van der Waals surface area contributed by atoms with Gasteiger partial charge in [-0.1, -0.05) is 6.07 Å². The van der Waals surface area contributed by atoms with E-state index in [1.54, 1.807) is 19.0 Å². The van der Waals surface area contributed by atoms with Crippen molar-refractivity contribution >= 4 is 40.1 Å². The van der Waals surface area contributed by atoms with Crippen molar-refractivity contribution in [2.45, 2.75) is 23.3 Å². The second-order valence-corrected chi connectivity index (χ2v) is 9.28. The lowest BCUT2D eigenvalue weighted by atomic mass is 10.1. The Morgan fingerprint density at radius 3 is 2.50 bits per heavy atom. The molecule has 2 fully saturated rings. The molecule has 8 heteroatoms. The van der Waals surface area contributed by atoms with E-state index in [-0.39, 0.29) is 18.2 Å². The van der Waals surface area contributed by atoms with Crippen LogP contribution in [0.5, 0.6) is 0 Å². The Balaban J connectivity index is 1.60. The fraction of sp³-hybridized carbons (Fsp3) is 0.500. The number of nitrogens with one attached hydrogen (secondary N) is 2. The Kier molecular flexibility index (Phi) is 5.97. The van der Waals surface area contributed by atoms with Gasteiger partial charge in [0.25, 0.3) is 0 Å². The molecule has 1 aliphatic carbocycles. The average molecular weight is 432 g/mol. The van der Waals surface area contributed by atoms with E-state index in [9.17, 15) is 9.18 Å². The number of benzene rings is 2. The molecule has 6 nitrogen and oxygen atoms in total. The summed E-state index contributed by atoms with van der Waals surface area (Å²) in [5, 5.41) is 5.55. The van der Waals surface area contributed by atoms with E-state index in [4.69, 9.17) is 0 Å². The Hall–Kier alpha value is -2.19. The number of amides is 2. The van der Waals surface area contributed by atoms with Gasteiger partial charge in [-0.2, -0.15) is 0 Å². The van der Waals surface area contributed by atoms with Crippen molar-refractivity contribution in [1.29, 1.82) is 0 Å². The van der Waals surface area contributed by atoms with Crippen LogP contribution in [0.4, 0.5) is 20.6 Å². The van der Waals surface area contributed by atoms with Crippen LogP contribution in [0.2, 0.25) is 0 Å². The van der Waals surface area contributed by atoms with Crippen molar-refractivity contribution in [3.63, 3.8) is 0 Å². The smallest absolute Gasteiger partial charge is 0.319 e. The van der Waals surface area contributed by atoms with Crippen molar-refractivity contribution in [2.75, 3.05) is 64.2 Å². The molecule has 0 spiro atoms. The van der Waals surface area contributed by atoms with Crippen LogP contribution in [0.15, 0.2) is 35.2 Å². The predicted molar refractivity (Wildman–Crippen MR) is 123 cm³/mol. The van der Waals surface area contributed by atoms with Crippen LogP contribution in [0.3, 0.4) is 0 Å². The van der Waals surface area contributed by atoms with Crippen LogP contribution in [0.1, 0.15) is 12.8 Å². The number of urea groups is 1. The van der Waals surface area contributed by atoms with Crippen LogP contribution >= 0.6 is 11.9 Å². The molecule has 1 saturated carbocycles. The van der Waals surface area contributed by atoms with E-state index in [2.05, 4.69) is 45.3 Å². The first-order chi connectivity index (χ1) is 14.4. The topological polar surface area (TPSA) is 50.9 Å². The molecule has 0 unspecified atom stereocenters. The Bertz CT molecular complexity index is 925. The van der Waals surface area contributed by atoms with Gasteiger partial charge >= 0.3 is 6.03 Å². The van der Waals surface area contributed by atoms with Crippen LogP contribution < -0.4 is 14.9 Å². The number of hydrogen-bond donors (Lipinski definition) is 2. The van der Waals surface area contributed by atoms with Gasteiger partial charge in [-0.3, -0.25) is 4.72 Å². The van der Waals surface area contributed by atoms with Crippen molar-refractivity contribution in [1.82, 2.24) is 14.5 Å². The number of anilines is 2. The van der Waals surface area contributed by atoms with E-state index in [1.807, 2.05) is 11.9 Å². The number of carbonyl (C=O) groups is 1. The average Bonchev–Trinajstić information content (AvgIpc) is 3.56. The summed E-state index contributed by atoms with van der Waals surface area (Å²) in [6.07, 6.45) is 1.78. The third-order valence-electron chi connectivity index (χ3n) is 5.96. The summed E-state index contributed by atoms with van der Waals surface area (Å²) < 4.78 is 16.6.